The summed E-state index contributed by atoms with van der Waals surface area (Å²) in [5, 5.41) is 0. The average molecular weight is 829 g/mol. The van der Waals surface area contributed by atoms with Crippen LogP contribution in [0.4, 0.5) is 0 Å². The van der Waals surface area contributed by atoms with Crippen LogP contribution in [0, 0.1) is 72.0 Å². The minimum absolute atomic E-state index is 0.213. The molecular formula is C54H84O2S2. The zero-order valence-corrected chi connectivity index (χ0v) is 39.3. The number of Topliss-reactive ketones (excluding diaryl/α,β-unsaturated/α-hetero) is 2. The van der Waals surface area contributed by atoms with Crippen LogP contribution in [0.1, 0.15) is 216 Å². The molecule has 0 bridgehead atoms. The summed E-state index contributed by atoms with van der Waals surface area (Å²) in [4.78, 5) is 36.0. The Morgan fingerprint density at radius 1 is 0.517 bits per heavy atom. The molecule has 5 fully saturated rings. The summed E-state index contributed by atoms with van der Waals surface area (Å²) in [6, 6.07) is 9.30. The Balaban J connectivity index is 1.07. The normalized spacial score (nSPS) is 33.0. The van der Waals surface area contributed by atoms with E-state index in [1.165, 1.54) is 186 Å². The first-order chi connectivity index (χ1) is 28.4. The van der Waals surface area contributed by atoms with Gasteiger partial charge in [-0.15, -0.1) is 22.7 Å². The fraction of sp³-hybridized carbons (Fsp3) is 0.815. The number of aryl methyl sites for hydroxylation is 1. The molecule has 0 saturated heterocycles. The van der Waals surface area contributed by atoms with Gasteiger partial charge in [0.25, 0.3) is 0 Å². The van der Waals surface area contributed by atoms with E-state index in [2.05, 4.69) is 52.0 Å². The van der Waals surface area contributed by atoms with Gasteiger partial charge in [0.05, 0.1) is 0 Å². The topological polar surface area (TPSA) is 34.1 Å². The van der Waals surface area contributed by atoms with Gasteiger partial charge in [0, 0.05) is 43.2 Å². The molecular weight excluding hydrogens is 745 g/mol. The van der Waals surface area contributed by atoms with Gasteiger partial charge in [0.2, 0.25) is 0 Å². The summed E-state index contributed by atoms with van der Waals surface area (Å²) in [7, 11) is 0. The lowest BCUT2D eigenvalue weighted by atomic mass is 9.53. The Bertz CT molecular complexity index is 1530. The van der Waals surface area contributed by atoms with Crippen LogP contribution in [-0.4, -0.2) is 11.6 Å². The SMILES string of the molecule is CCCCCCCCCCCCC1C2C(=O)C3CC(c4ccc(-c5ccc(C)s5)s4)CCC3C2C(CCCCCCCCCCCC)C2C(=O)C3CC(C)CCC3C12. The van der Waals surface area contributed by atoms with E-state index in [9.17, 15) is 0 Å². The summed E-state index contributed by atoms with van der Waals surface area (Å²) >= 11 is 3.90. The van der Waals surface area contributed by atoms with Crippen LogP contribution < -0.4 is 0 Å². The van der Waals surface area contributed by atoms with Crippen molar-refractivity contribution in [1.82, 2.24) is 0 Å². The molecule has 0 aliphatic heterocycles. The molecule has 0 aromatic carbocycles. The van der Waals surface area contributed by atoms with Crippen LogP contribution in [0.25, 0.3) is 9.75 Å². The standard InChI is InChI=1S/C54H84O2S2/c1-5-7-9-11-13-15-17-19-21-23-25-42-49-40-30-27-37(3)35-44(40)53(55)51(49)43(26-24-22-20-18-16-14-12-10-8-6-2)50-41-31-29-39(36-45(41)54(56)52(42)50)46-33-34-48(58-46)47-32-28-38(4)57-47/h28,32-34,37,39-45,49-52H,5-27,29-31,35-36H2,1-4H3. The van der Waals surface area contributed by atoms with Crippen molar-refractivity contribution >= 4 is 34.2 Å². The summed E-state index contributed by atoms with van der Waals surface area (Å²) in [5.41, 5.74) is 0. The molecule has 324 valence electrons. The summed E-state index contributed by atoms with van der Waals surface area (Å²) in [6.45, 7) is 9.24. The van der Waals surface area contributed by atoms with Gasteiger partial charge in [-0.1, -0.05) is 156 Å². The highest BCUT2D eigenvalue weighted by Gasteiger charge is 2.67. The maximum absolute atomic E-state index is 15.4. The summed E-state index contributed by atoms with van der Waals surface area (Å²) in [6.07, 6.45) is 36.8. The van der Waals surface area contributed by atoms with Gasteiger partial charge in [-0.25, -0.2) is 0 Å². The van der Waals surface area contributed by atoms with Gasteiger partial charge in [-0.05, 0) is 123 Å². The Morgan fingerprint density at radius 2 is 0.966 bits per heavy atom. The molecule has 0 N–H and O–H groups in total. The third kappa shape index (κ3) is 10.5. The lowest BCUT2D eigenvalue weighted by Gasteiger charge is -2.50. The Labute approximate surface area is 364 Å². The lowest BCUT2D eigenvalue weighted by Crippen LogP contribution is -2.48. The molecule has 12 atom stereocenters. The number of rotatable bonds is 24. The smallest absolute Gasteiger partial charge is 0.139 e. The van der Waals surface area contributed by atoms with Crippen molar-refractivity contribution in [3.8, 4) is 9.75 Å². The van der Waals surface area contributed by atoms with E-state index in [0.717, 1.165) is 12.8 Å². The van der Waals surface area contributed by atoms with Gasteiger partial charge >= 0.3 is 0 Å². The third-order valence-corrected chi connectivity index (χ3v) is 19.4. The largest absolute Gasteiger partial charge is 0.299 e. The molecule has 12 unspecified atom stereocenters. The summed E-state index contributed by atoms with van der Waals surface area (Å²) in [5.74, 6) is 6.40. The van der Waals surface area contributed by atoms with Crippen molar-refractivity contribution in [2.45, 2.75) is 213 Å². The van der Waals surface area contributed by atoms with E-state index < -0.39 is 0 Å². The summed E-state index contributed by atoms with van der Waals surface area (Å²) < 4.78 is 0. The van der Waals surface area contributed by atoms with Gasteiger partial charge in [-0.3, -0.25) is 9.59 Å². The minimum Gasteiger partial charge on any atom is -0.299 e. The van der Waals surface area contributed by atoms with E-state index in [1.807, 2.05) is 22.7 Å². The van der Waals surface area contributed by atoms with Crippen LogP contribution >= 0.6 is 22.7 Å². The lowest BCUT2D eigenvalue weighted by molar-refractivity contribution is -0.136. The second kappa shape index (κ2) is 22.2. The number of thiophene rings is 2. The molecule has 58 heavy (non-hydrogen) atoms. The van der Waals surface area contributed by atoms with E-state index >= 15 is 9.59 Å². The van der Waals surface area contributed by atoms with E-state index in [0.29, 0.717) is 58.9 Å². The molecule has 7 rings (SSSR count). The number of carbonyl (C=O) groups excluding carboxylic acids is 2. The van der Waals surface area contributed by atoms with Gasteiger partial charge < -0.3 is 0 Å². The molecule has 4 heteroatoms. The molecule has 2 aromatic rings. The quantitative estimate of drug-likeness (QED) is 0.0988. The minimum atomic E-state index is 0.213. The number of carbonyl (C=O) groups is 2. The van der Waals surface area contributed by atoms with Crippen molar-refractivity contribution in [2.75, 3.05) is 0 Å². The molecule has 2 heterocycles. The van der Waals surface area contributed by atoms with Gasteiger partial charge in [0.1, 0.15) is 11.6 Å². The highest BCUT2D eigenvalue weighted by atomic mass is 32.1. The predicted octanol–water partition coefficient (Wildman–Crippen LogP) is 16.8. The molecule has 5 aliphatic carbocycles. The van der Waals surface area contributed by atoms with Crippen LogP contribution in [0.15, 0.2) is 24.3 Å². The van der Waals surface area contributed by atoms with E-state index in [4.69, 9.17) is 0 Å². The molecule has 2 nitrogen and oxygen atoms in total. The Hall–Kier alpha value is -1.26. The van der Waals surface area contributed by atoms with Gasteiger partial charge in [-0.2, -0.15) is 0 Å². The highest BCUT2D eigenvalue weighted by Crippen LogP contribution is 2.67. The first-order valence-corrected chi connectivity index (χ1v) is 27.3. The Morgan fingerprint density at radius 3 is 1.47 bits per heavy atom. The zero-order valence-electron chi connectivity index (χ0n) is 37.7. The number of hydrogen-bond acceptors (Lipinski definition) is 4. The van der Waals surface area contributed by atoms with Crippen molar-refractivity contribution in [3.63, 3.8) is 0 Å². The molecule has 2 aromatic heterocycles. The van der Waals surface area contributed by atoms with Gasteiger partial charge in [0.15, 0.2) is 0 Å². The van der Waals surface area contributed by atoms with Crippen molar-refractivity contribution in [2.24, 2.45) is 65.1 Å². The highest BCUT2D eigenvalue weighted by molar-refractivity contribution is 7.22. The molecule has 5 aliphatic rings. The fourth-order valence-electron chi connectivity index (χ4n) is 14.2. The third-order valence-electron chi connectivity index (χ3n) is 17.0. The van der Waals surface area contributed by atoms with Crippen LogP contribution in [-0.2, 0) is 9.59 Å². The Kier molecular flexibility index (Phi) is 17.1. The van der Waals surface area contributed by atoms with Crippen molar-refractivity contribution in [1.29, 1.82) is 0 Å². The second-order valence-corrected chi connectivity index (χ2v) is 23.3. The molecule has 0 amide bonds. The maximum Gasteiger partial charge on any atom is 0.139 e. The monoisotopic (exact) mass is 829 g/mol. The number of ketones is 2. The van der Waals surface area contributed by atoms with Crippen molar-refractivity contribution < 1.29 is 9.59 Å². The van der Waals surface area contributed by atoms with Crippen molar-refractivity contribution in [3.05, 3.63) is 34.0 Å². The maximum atomic E-state index is 15.4. The number of fused-ring (bicyclic) bond motifs is 6. The zero-order chi connectivity index (χ0) is 40.4. The van der Waals surface area contributed by atoms with Crippen LogP contribution in [0.3, 0.4) is 0 Å². The molecule has 0 spiro atoms. The van der Waals surface area contributed by atoms with E-state index in [1.54, 1.807) is 0 Å². The molecule has 5 saturated carbocycles. The first-order valence-electron chi connectivity index (χ1n) is 25.6. The number of hydrogen-bond donors (Lipinski definition) is 0. The van der Waals surface area contributed by atoms with Crippen LogP contribution in [0.2, 0.25) is 0 Å². The average Bonchev–Trinajstić information content (AvgIpc) is 4.02. The fourth-order valence-corrected chi connectivity index (χ4v) is 16.3. The first kappa shape index (κ1) is 44.8. The predicted molar refractivity (Wildman–Crippen MR) is 250 cm³/mol. The second-order valence-electron chi connectivity index (χ2n) is 20.9. The number of unbranched alkanes of at least 4 members (excludes halogenated alkanes) is 18. The van der Waals surface area contributed by atoms with E-state index in [-0.39, 0.29) is 23.7 Å². The molecule has 0 radical (unpaired) electrons. The van der Waals surface area contributed by atoms with Crippen LogP contribution in [0.5, 0.6) is 0 Å².